The molecule has 1 heteroatoms. The van der Waals surface area contributed by atoms with E-state index in [1.165, 1.54) is 66.8 Å². The highest BCUT2D eigenvalue weighted by Crippen LogP contribution is 2.61. The summed E-state index contributed by atoms with van der Waals surface area (Å²) in [5, 5.41) is 0. The first-order valence-corrected chi connectivity index (χ1v) is 17.4. The van der Waals surface area contributed by atoms with Crippen LogP contribution in [0, 0.1) is 0 Å². The molecule has 0 saturated heterocycles. The summed E-state index contributed by atoms with van der Waals surface area (Å²) in [5.74, 6) is 0. The van der Waals surface area contributed by atoms with E-state index in [1.54, 1.807) is 0 Å². The van der Waals surface area contributed by atoms with Gasteiger partial charge in [0.05, 0.1) is 5.41 Å². The molecule has 234 valence electrons. The van der Waals surface area contributed by atoms with Crippen molar-refractivity contribution >= 4 is 17.1 Å². The summed E-state index contributed by atoms with van der Waals surface area (Å²) in [4.78, 5) is 2.31. The number of para-hydroxylation sites is 2. The first kappa shape index (κ1) is 28.6. The zero-order valence-electron chi connectivity index (χ0n) is 27.5. The van der Waals surface area contributed by atoms with Crippen molar-refractivity contribution in [3.8, 4) is 44.5 Å². The number of hydrogen-bond acceptors (Lipinski definition) is 1. The van der Waals surface area contributed by atoms with E-state index in [1.807, 2.05) is 0 Å². The molecule has 2 aliphatic rings. The highest BCUT2D eigenvalue weighted by Gasteiger charge is 2.49. The lowest BCUT2D eigenvalue weighted by atomic mass is 9.66. The number of benzene rings is 8. The molecule has 50 heavy (non-hydrogen) atoms. The molecule has 0 radical (unpaired) electrons. The van der Waals surface area contributed by atoms with Gasteiger partial charge in [-0.2, -0.15) is 0 Å². The maximum Gasteiger partial charge on any atom is 0.0725 e. The quantitative estimate of drug-likeness (QED) is 0.186. The van der Waals surface area contributed by atoms with Crippen LogP contribution in [-0.2, 0) is 5.41 Å². The Morgan fingerprint density at radius 2 is 0.620 bits per heavy atom. The first-order valence-electron chi connectivity index (χ1n) is 17.4. The van der Waals surface area contributed by atoms with Gasteiger partial charge in [0.1, 0.15) is 0 Å². The first-order chi connectivity index (χ1) is 24.8. The third kappa shape index (κ3) is 4.14. The zero-order valence-corrected chi connectivity index (χ0v) is 27.5. The van der Waals surface area contributed by atoms with Crippen molar-refractivity contribution < 1.29 is 0 Å². The second-order valence-electron chi connectivity index (χ2n) is 13.2. The average molecular weight is 636 g/mol. The Labute approximate surface area is 293 Å². The van der Waals surface area contributed by atoms with E-state index in [0.717, 1.165) is 17.1 Å². The van der Waals surface area contributed by atoms with Gasteiger partial charge < -0.3 is 4.90 Å². The van der Waals surface area contributed by atoms with E-state index in [4.69, 9.17) is 0 Å². The van der Waals surface area contributed by atoms with Gasteiger partial charge >= 0.3 is 0 Å². The van der Waals surface area contributed by atoms with Crippen LogP contribution in [0.1, 0.15) is 22.3 Å². The van der Waals surface area contributed by atoms with E-state index < -0.39 is 5.41 Å². The van der Waals surface area contributed by atoms with Crippen molar-refractivity contribution in [1.82, 2.24) is 0 Å². The van der Waals surface area contributed by atoms with Gasteiger partial charge in [-0.15, -0.1) is 0 Å². The molecule has 0 saturated carbocycles. The Hall–Kier alpha value is -6.44. The summed E-state index contributed by atoms with van der Waals surface area (Å²) >= 11 is 0. The minimum absolute atomic E-state index is 0.452. The number of fused-ring (bicyclic) bond motifs is 12. The predicted molar refractivity (Wildman–Crippen MR) is 208 cm³/mol. The van der Waals surface area contributed by atoms with Gasteiger partial charge in [0.2, 0.25) is 0 Å². The number of nitrogens with zero attached hydrogens (tertiary/aromatic N) is 1. The minimum Gasteiger partial charge on any atom is -0.311 e. The summed E-state index contributed by atoms with van der Waals surface area (Å²) in [5.41, 5.74) is 18.4. The van der Waals surface area contributed by atoms with Gasteiger partial charge in [-0.25, -0.2) is 0 Å². The highest BCUT2D eigenvalue weighted by molar-refractivity contribution is 5.98. The summed E-state index contributed by atoms with van der Waals surface area (Å²) in [6, 6.07) is 73.5. The van der Waals surface area contributed by atoms with Gasteiger partial charge in [0, 0.05) is 17.1 Å². The molecule has 0 heterocycles. The maximum atomic E-state index is 2.44. The topological polar surface area (TPSA) is 3.24 Å². The van der Waals surface area contributed by atoms with Gasteiger partial charge in [0.25, 0.3) is 0 Å². The molecule has 0 fully saturated rings. The van der Waals surface area contributed by atoms with E-state index in [0.29, 0.717) is 0 Å². The lowest BCUT2D eigenvalue weighted by Crippen LogP contribution is -2.29. The minimum atomic E-state index is -0.452. The van der Waals surface area contributed by atoms with Crippen molar-refractivity contribution in [2.45, 2.75) is 5.41 Å². The predicted octanol–water partition coefficient (Wildman–Crippen LogP) is 12.8. The van der Waals surface area contributed by atoms with Gasteiger partial charge in [-0.3, -0.25) is 0 Å². The standard InChI is InChI=1S/C49H33N/c1-3-15-36(16-4-1)50(37-17-5-2-6-18-37)38-30-27-34(28-31-38)35-29-32-48-44(33-35)40-20-8-7-19-39(40)41-21-9-12-24-45(41)49(48)46-25-13-10-22-42(46)43-23-11-14-26-47(43)49/h1-33H. The molecule has 10 rings (SSSR count). The second-order valence-corrected chi connectivity index (χ2v) is 13.2. The highest BCUT2D eigenvalue weighted by atomic mass is 15.1. The molecule has 8 aromatic carbocycles. The van der Waals surface area contributed by atoms with Gasteiger partial charge in [0.15, 0.2) is 0 Å². The molecule has 1 nitrogen and oxygen atoms in total. The average Bonchev–Trinajstić information content (AvgIpc) is 3.44. The van der Waals surface area contributed by atoms with Crippen LogP contribution in [0.25, 0.3) is 44.5 Å². The normalized spacial score (nSPS) is 13.0. The number of anilines is 3. The lowest BCUT2D eigenvalue weighted by Gasteiger charge is -2.35. The molecule has 1 spiro atoms. The summed E-state index contributed by atoms with van der Waals surface area (Å²) in [6.07, 6.45) is 0. The number of rotatable bonds is 4. The van der Waals surface area contributed by atoms with Crippen molar-refractivity contribution in [2.75, 3.05) is 4.90 Å². The Morgan fingerprint density at radius 1 is 0.260 bits per heavy atom. The van der Waals surface area contributed by atoms with Crippen LogP contribution in [0.3, 0.4) is 0 Å². The third-order valence-electron chi connectivity index (χ3n) is 10.7. The number of hydrogen-bond donors (Lipinski definition) is 0. The van der Waals surface area contributed by atoms with E-state index in [2.05, 4.69) is 205 Å². The molecular formula is C49H33N. The zero-order chi connectivity index (χ0) is 33.1. The molecular weight excluding hydrogens is 603 g/mol. The smallest absolute Gasteiger partial charge is 0.0725 e. The fraction of sp³-hybridized carbons (Fsp3) is 0.0204. The van der Waals surface area contributed by atoms with Crippen molar-refractivity contribution in [3.63, 3.8) is 0 Å². The van der Waals surface area contributed by atoms with Crippen LogP contribution in [0.2, 0.25) is 0 Å². The molecule has 0 bridgehead atoms. The van der Waals surface area contributed by atoms with Crippen LogP contribution >= 0.6 is 0 Å². The fourth-order valence-corrected chi connectivity index (χ4v) is 8.64. The molecule has 0 aliphatic heterocycles. The van der Waals surface area contributed by atoms with Crippen molar-refractivity contribution in [3.05, 3.63) is 222 Å². The molecule has 8 aromatic rings. The largest absolute Gasteiger partial charge is 0.311 e. The van der Waals surface area contributed by atoms with Gasteiger partial charge in [-0.1, -0.05) is 158 Å². The van der Waals surface area contributed by atoms with E-state index >= 15 is 0 Å². The summed E-state index contributed by atoms with van der Waals surface area (Å²) in [6.45, 7) is 0. The summed E-state index contributed by atoms with van der Waals surface area (Å²) in [7, 11) is 0. The van der Waals surface area contributed by atoms with E-state index in [9.17, 15) is 0 Å². The Balaban J connectivity index is 1.19. The van der Waals surface area contributed by atoms with Crippen LogP contribution in [-0.4, -0.2) is 0 Å². The maximum absolute atomic E-state index is 2.44. The Morgan fingerprint density at radius 3 is 1.14 bits per heavy atom. The molecule has 0 amide bonds. The second kappa shape index (κ2) is 11.3. The van der Waals surface area contributed by atoms with Crippen molar-refractivity contribution in [2.24, 2.45) is 0 Å². The molecule has 0 aromatic heterocycles. The summed E-state index contributed by atoms with van der Waals surface area (Å²) < 4.78 is 0. The monoisotopic (exact) mass is 635 g/mol. The lowest BCUT2D eigenvalue weighted by molar-refractivity contribution is 0.775. The van der Waals surface area contributed by atoms with Crippen LogP contribution in [0.5, 0.6) is 0 Å². The van der Waals surface area contributed by atoms with E-state index in [-0.39, 0.29) is 0 Å². The molecule has 0 N–H and O–H groups in total. The van der Waals surface area contributed by atoms with Gasteiger partial charge in [-0.05, 0) is 109 Å². The van der Waals surface area contributed by atoms with Crippen LogP contribution < -0.4 is 4.90 Å². The van der Waals surface area contributed by atoms with Crippen LogP contribution in [0.15, 0.2) is 200 Å². The third-order valence-corrected chi connectivity index (χ3v) is 10.7. The van der Waals surface area contributed by atoms with Crippen LogP contribution in [0.4, 0.5) is 17.1 Å². The Bertz CT molecular complexity index is 2440. The Kier molecular flexibility index (Phi) is 6.47. The fourth-order valence-electron chi connectivity index (χ4n) is 8.64. The SMILES string of the molecule is c1ccc(N(c2ccccc2)c2ccc(-c3ccc4c(c3)-c3ccccc3-c3ccccc3C43c4ccccc4-c4ccccc43)cc2)cc1. The molecule has 2 aliphatic carbocycles. The molecule has 0 unspecified atom stereocenters. The molecule has 0 atom stereocenters. The van der Waals surface area contributed by atoms with Crippen molar-refractivity contribution in [1.29, 1.82) is 0 Å².